The number of hydrogen-bond acceptors (Lipinski definition) is 4. The molecule has 0 saturated heterocycles. The first kappa shape index (κ1) is 10.5. The van der Waals surface area contributed by atoms with Crippen LogP contribution >= 0.6 is 0 Å². The highest BCUT2D eigenvalue weighted by molar-refractivity contribution is 5.85. The molecule has 3 N–H and O–H groups in total. The lowest BCUT2D eigenvalue weighted by Gasteiger charge is -2.17. The molecule has 1 aliphatic carbocycles. The number of halogens is 1. The molecule has 1 saturated carbocycles. The van der Waals surface area contributed by atoms with Crippen molar-refractivity contribution in [2.24, 2.45) is 0 Å². The zero-order valence-corrected chi connectivity index (χ0v) is 9.17. The molecule has 0 aromatic carbocycles. The second kappa shape index (κ2) is 3.66. The molecule has 17 heavy (non-hydrogen) atoms. The number of pyridine rings is 1. The van der Waals surface area contributed by atoms with Gasteiger partial charge in [-0.2, -0.15) is 0 Å². The van der Waals surface area contributed by atoms with Gasteiger partial charge in [0.15, 0.2) is 11.6 Å². The highest BCUT2D eigenvalue weighted by Gasteiger charge is 2.29. The number of nitrogens with zero attached hydrogens (tertiary/aromatic N) is 3. The lowest BCUT2D eigenvalue weighted by Crippen LogP contribution is -2.17. The molecule has 0 spiro atoms. The van der Waals surface area contributed by atoms with Crippen LogP contribution in [-0.4, -0.2) is 25.7 Å². The summed E-state index contributed by atoms with van der Waals surface area (Å²) in [6.45, 7) is 0. The number of aliphatic hydroxyl groups excluding tert-OH is 1. The molecule has 3 rings (SSSR count). The minimum atomic E-state index is -0.453. The molecular formula is C11H13FN4O. The van der Waals surface area contributed by atoms with Gasteiger partial charge in [0.25, 0.3) is 0 Å². The Labute approximate surface area is 97.1 Å². The Morgan fingerprint density at radius 2 is 2.24 bits per heavy atom. The van der Waals surface area contributed by atoms with E-state index in [1.807, 2.05) is 0 Å². The Kier molecular flexibility index (Phi) is 2.25. The third kappa shape index (κ3) is 1.48. The summed E-state index contributed by atoms with van der Waals surface area (Å²) < 4.78 is 15.5. The number of hydrogen-bond donors (Lipinski definition) is 2. The van der Waals surface area contributed by atoms with Gasteiger partial charge in [-0.05, 0) is 19.3 Å². The van der Waals surface area contributed by atoms with E-state index in [0.717, 1.165) is 25.5 Å². The van der Waals surface area contributed by atoms with Crippen LogP contribution < -0.4 is 5.73 Å². The van der Waals surface area contributed by atoms with Gasteiger partial charge in [-0.1, -0.05) is 0 Å². The Hall–Kier alpha value is -1.69. The molecule has 1 fully saturated rings. The molecule has 5 nitrogen and oxygen atoms in total. The molecule has 0 radical (unpaired) electrons. The standard InChI is InChI=1S/C11H13FN4O/c12-6-4-14-11(13)9-10(6)16(5-15-9)7-2-1-3-8(7)17/h4-5,7-8,17H,1-3H2,(H2,13,14)/t7-,8-/m1/s1. The molecule has 0 bridgehead atoms. The molecule has 1 aliphatic rings. The van der Waals surface area contributed by atoms with E-state index in [1.54, 1.807) is 4.57 Å². The SMILES string of the molecule is Nc1ncc(F)c2c1ncn2[C@@H]1CCC[C@H]1O. The maximum atomic E-state index is 13.8. The minimum absolute atomic E-state index is 0.115. The predicted molar refractivity (Wildman–Crippen MR) is 60.8 cm³/mol. The first-order valence-corrected chi connectivity index (χ1v) is 5.63. The average molecular weight is 236 g/mol. The third-order valence-corrected chi connectivity index (χ3v) is 3.38. The highest BCUT2D eigenvalue weighted by atomic mass is 19.1. The van der Waals surface area contributed by atoms with Crippen LogP contribution in [-0.2, 0) is 0 Å². The van der Waals surface area contributed by atoms with Gasteiger partial charge in [0.05, 0.1) is 24.7 Å². The summed E-state index contributed by atoms with van der Waals surface area (Å²) in [5.74, 6) is -0.238. The van der Waals surface area contributed by atoms with E-state index >= 15 is 0 Å². The van der Waals surface area contributed by atoms with Crippen LogP contribution in [0, 0.1) is 5.82 Å². The molecule has 2 aromatic heterocycles. The topological polar surface area (TPSA) is 77.0 Å². The molecule has 2 atom stereocenters. The van der Waals surface area contributed by atoms with Crippen LogP contribution in [0.4, 0.5) is 10.2 Å². The number of nitrogens with two attached hydrogens (primary N) is 1. The van der Waals surface area contributed by atoms with Crippen molar-refractivity contribution in [3.63, 3.8) is 0 Å². The number of aromatic nitrogens is 3. The van der Waals surface area contributed by atoms with Crippen LogP contribution in [0.3, 0.4) is 0 Å². The highest BCUT2D eigenvalue weighted by Crippen LogP contribution is 2.33. The summed E-state index contributed by atoms with van der Waals surface area (Å²) >= 11 is 0. The summed E-state index contributed by atoms with van der Waals surface area (Å²) in [5.41, 5.74) is 6.36. The van der Waals surface area contributed by atoms with Gasteiger partial charge in [-0.25, -0.2) is 14.4 Å². The van der Waals surface area contributed by atoms with E-state index in [0.29, 0.717) is 11.0 Å². The zero-order chi connectivity index (χ0) is 12.0. The van der Waals surface area contributed by atoms with E-state index in [2.05, 4.69) is 9.97 Å². The van der Waals surface area contributed by atoms with E-state index in [-0.39, 0.29) is 11.9 Å². The minimum Gasteiger partial charge on any atom is -0.391 e. The summed E-state index contributed by atoms with van der Waals surface area (Å²) in [5, 5.41) is 9.86. The van der Waals surface area contributed by atoms with Gasteiger partial charge in [-0.3, -0.25) is 0 Å². The zero-order valence-electron chi connectivity index (χ0n) is 9.17. The molecule has 0 unspecified atom stereocenters. The molecule has 6 heteroatoms. The Morgan fingerprint density at radius 3 is 2.94 bits per heavy atom. The second-order valence-corrected chi connectivity index (χ2v) is 4.41. The number of aliphatic hydroxyl groups is 1. The van der Waals surface area contributed by atoms with Crippen molar-refractivity contribution >= 4 is 16.9 Å². The molecule has 0 amide bonds. The smallest absolute Gasteiger partial charge is 0.167 e. The fourth-order valence-electron chi connectivity index (χ4n) is 2.53. The van der Waals surface area contributed by atoms with Crippen LogP contribution in [0.15, 0.2) is 12.5 Å². The fourth-order valence-corrected chi connectivity index (χ4v) is 2.53. The maximum Gasteiger partial charge on any atom is 0.167 e. The monoisotopic (exact) mass is 236 g/mol. The van der Waals surface area contributed by atoms with Gasteiger partial charge >= 0.3 is 0 Å². The van der Waals surface area contributed by atoms with E-state index in [4.69, 9.17) is 5.73 Å². The van der Waals surface area contributed by atoms with E-state index in [1.165, 1.54) is 6.33 Å². The van der Waals surface area contributed by atoms with Crippen molar-refractivity contribution in [2.75, 3.05) is 5.73 Å². The Balaban J connectivity index is 2.20. The molecule has 2 aromatic rings. The largest absolute Gasteiger partial charge is 0.391 e. The average Bonchev–Trinajstić information content (AvgIpc) is 2.89. The van der Waals surface area contributed by atoms with Crippen molar-refractivity contribution in [2.45, 2.75) is 31.4 Å². The first-order chi connectivity index (χ1) is 8.18. The van der Waals surface area contributed by atoms with Crippen molar-refractivity contribution in [3.8, 4) is 0 Å². The lowest BCUT2D eigenvalue weighted by atomic mass is 10.2. The Morgan fingerprint density at radius 1 is 1.41 bits per heavy atom. The lowest BCUT2D eigenvalue weighted by molar-refractivity contribution is 0.138. The van der Waals surface area contributed by atoms with Crippen LogP contribution in [0.5, 0.6) is 0 Å². The Bertz CT molecular complexity index is 568. The van der Waals surface area contributed by atoms with Gasteiger partial charge in [0, 0.05) is 0 Å². The van der Waals surface area contributed by atoms with Gasteiger partial charge < -0.3 is 15.4 Å². The van der Waals surface area contributed by atoms with E-state index in [9.17, 15) is 9.50 Å². The van der Waals surface area contributed by atoms with Gasteiger partial charge in [0.2, 0.25) is 0 Å². The summed E-state index contributed by atoms with van der Waals surface area (Å²) in [7, 11) is 0. The van der Waals surface area contributed by atoms with Gasteiger partial charge in [-0.15, -0.1) is 0 Å². The van der Waals surface area contributed by atoms with Crippen molar-refractivity contribution in [3.05, 3.63) is 18.3 Å². The quantitative estimate of drug-likeness (QED) is 0.781. The number of nitrogen functional groups attached to an aromatic ring is 1. The van der Waals surface area contributed by atoms with Crippen LogP contribution in [0.2, 0.25) is 0 Å². The molecule has 0 aliphatic heterocycles. The first-order valence-electron chi connectivity index (χ1n) is 5.63. The normalized spacial score (nSPS) is 24.6. The second-order valence-electron chi connectivity index (χ2n) is 4.41. The van der Waals surface area contributed by atoms with Crippen LogP contribution in [0.1, 0.15) is 25.3 Å². The molecule has 2 heterocycles. The molecular weight excluding hydrogens is 223 g/mol. The van der Waals surface area contributed by atoms with Crippen LogP contribution in [0.25, 0.3) is 11.0 Å². The summed E-state index contributed by atoms with van der Waals surface area (Å²) in [6, 6.07) is -0.115. The van der Waals surface area contributed by atoms with Gasteiger partial charge in [0.1, 0.15) is 11.0 Å². The maximum absolute atomic E-state index is 13.8. The van der Waals surface area contributed by atoms with Crippen molar-refractivity contribution in [1.29, 1.82) is 0 Å². The van der Waals surface area contributed by atoms with E-state index < -0.39 is 11.9 Å². The van der Waals surface area contributed by atoms with Crippen molar-refractivity contribution < 1.29 is 9.50 Å². The number of imidazole rings is 1. The number of rotatable bonds is 1. The third-order valence-electron chi connectivity index (χ3n) is 3.38. The summed E-state index contributed by atoms with van der Waals surface area (Å²) in [6.07, 6.45) is 4.69. The predicted octanol–water partition coefficient (Wildman–Crippen LogP) is 1.24. The summed E-state index contributed by atoms with van der Waals surface area (Å²) in [4.78, 5) is 7.81. The number of anilines is 1. The van der Waals surface area contributed by atoms with Crippen molar-refractivity contribution in [1.82, 2.24) is 14.5 Å². The molecule has 90 valence electrons. The number of fused-ring (bicyclic) bond motifs is 1. The fraction of sp³-hybridized carbons (Fsp3) is 0.455.